The number of thioether (sulfide) groups is 1. The molecule has 0 saturated carbocycles. The first-order chi connectivity index (χ1) is 6.31. The fourth-order valence-corrected chi connectivity index (χ4v) is 2.41. The highest BCUT2D eigenvalue weighted by molar-refractivity contribution is 7.98. The minimum Gasteiger partial charge on any atom is -0.373 e. The largest absolute Gasteiger partial charge is 0.373 e. The Balaban J connectivity index is 2.50. The molecule has 0 amide bonds. The van der Waals surface area contributed by atoms with Crippen molar-refractivity contribution in [3.05, 3.63) is 11.3 Å². The van der Waals surface area contributed by atoms with Crippen LogP contribution in [0, 0.1) is 0 Å². The van der Waals surface area contributed by atoms with Gasteiger partial charge in [0.15, 0.2) is 0 Å². The molecule has 0 atom stereocenters. The van der Waals surface area contributed by atoms with Crippen molar-refractivity contribution < 1.29 is 0 Å². The van der Waals surface area contributed by atoms with Gasteiger partial charge >= 0.3 is 0 Å². The summed E-state index contributed by atoms with van der Waals surface area (Å²) in [6.45, 7) is 0. The van der Waals surface area contributed by atoms with Gasteiger partial charge in [-0.25, -0.2) is 4.98 Å². The quantitative estimate of drug-likeness (QED) is 0.698. The zero-order valence-corrected chi connectivity index (χ0v) is 8.32. The Morgan fingerprint density at radius 1 is 1.46 bits per heavy atom. The van der Waals surface area contributed by atoms with Gasteiger partial charge in [-0.15, -0.1) is 0 Å². The summed E-state index contributed by atoms with van der Waals surface area (Å²) in [5, 5.41) is 3.06. The van der Waals surface area contributed by atoms with E-state index in [1.807, 2.05) is 18.8 Å². The van der Waals surface area contributed by atoms with E-state index in [2.05, 4.69) is 15.3 Å². The fraction of sp³-hybridized carbons (Fsp3) is 0.500. The molecular weight excluding hydrogens is 184 g/mol. The first kappa shape index (κ1) is 8.62. The molecule has 2 rings (SSSR count). The summed E-state index contributed by atoms with van der Waals surface area (Å²) in [5.41, 5.74) is 7.91. The Bertz CT molecular complexity index is 309. The summed E-state index contributed by atoms with van der Waals surface area (Å²) in [6, 6.07) is 0. The van der Waals surface area contributed by atoms with E-state index in [4.69, 9.17) is 5.73 Å². The van der Waals surface area contributed by atoms with Crippen LogP contribution in [0.2, 0.25) is 0 Å². The van der Waals surface area contributed by atoms with Crippen molar-refractivity contribution in [1.29, 1.82) is 0 Å². The third-order valence-electron chi connectivity index (χ3n) is 2.08. The molecule has 2 heterocycles. The molecule has 0 spiro atoms. The first-order valence-corrected chi connectivity index (χ1v) is 5.37. The lowest BCUT2D eigenvalue weighted by Crippen LogP contribution is -2.12. The predicted molar refractivity (Wildman–Crippen MR) is 55.9 cm³/mol. The number of nitrogens with zero attached hydrogens (tertiary/aromatic N) is 2. The number of nitrogens with two attached hydrogens (primary N) is 1. The monoisotopic (exact) mass is 196 g/mol. The van der Waals surface area contributed by atoms with E-state index in [0.29, 0.717) is 5.95 Å². The van der Waals surface area contributed by atoms with Gasteiger partial charge in [0.05, 0.1) is 5.69 Å². The molecular formula is C8H12N4S. The van der Waals surface area contributed by atoms with Crippen LogP contribution in [-0.4, -0.2) is 22.8 Å². The molecule has 0 saturated heterocycles. The summed E-state index contributed by atoms with van der Waals surface area (Å²) in [5.74, 6) is 3.36. The van der Waals surface area contributed by atoms with Gasteiger partial charge in [-0.2, -0.15) is 16.7 Å². The standard InChI is InChI=1S/C8H12N4S/c1-10-7-5-2-3-13-4-6(5)11-8(9)12-7/h2-4H2,1H3,(H3,9,10,11,12). The van der Waals surface area contributed by atoms with Crippen molar-refractivity contribution in [3.63, 3.8) is 0 Å². The molecule has 1 aliphatic heterocycles. The Morgan fingerprint density at radius 2 is 2.31 bits per heavy atom. The third kappa shape index (κ3) is 1.56. The van der Waals surface area contributed by atoms with Gasteiger partial charge in [0.2, 0.25) is 5.95 Å². The van der Waals surface area contributed by atoms with Gasteiger partial charge < -0.3 is 11.1 Å². The molecule has 0 aliphatic carbocycles. The van der Waals surface area contributed by atoms with E-state index in [1.165, 1.54) is 5.56 Å². The maximum absolute atomic E-state index is 5.59. The average Bonchev–Trinajstić information content (AvgIpc) is 2.16. The summed E-state index contributed by atoms with van der Waals surface area (Å²) in [7, 11) is 1.86. The summed E-state index contributed by atoms with van der Waals surface area (Å²) < 4.78 is 0. The Kier molecular flexibility index (Phi) is 2.26. The lowest BCUT2D eigenvalue weighted by Gasteiger charge is -2.17. The predicted octanol–water partition coefficient (Wildman–Crippen LogP) is 0.890. The van der Waals surface area contributed by atoms with Crippen LogP contribution in [0.1, 0.15) is 11.3 Å². The second-order valence-corrected chi connectivity index (χ2v) is 4.01. The molecule has 4 nitrogen and oxygen atoms in total. The number of anilines is 2. The van der Waals surface area contributed by atoms with Gasteiger partial charge in [0.1, 0.15) is 5.82 Å². The van der Waals surface area contributed by atoms with Gasteiger partial charge in [-0.3, -0.25) is 0 Å². The highest BCUT2D eigenvalue weighted by atomic mass is 32.2. The Hall–Kier alpha value is -0.970. The molecule has 3 N–H and O–H groups in total. The van der Waals surface area contributed by atoms with E-state index in [9.17, 15) is 0 Å². The number of hydrogen-bond acceptors (Lipinski definition) is 5. The molecule has 0 unspecified atom stereocenters. The lowest BCUT2D eigenvalue weighted by molar-refractivity contribution is 0.982. The molecule has 1 aromatic heterocycles. The maximum Gasteiger partial charge on any atom is 0.222 e. The van der Waals surface area contributed by atoms with Crippen molar-refractivity contribution in [2.45, 2.75) is 12.2 Å². The minimum atomic E-state index is 0.366. The molecule has 1 aliphatic rings. The second-order valence-electron chi connectivity index (χ2n) is 2.91. The van der Waals surface area contributed by atoms with Crippen molar-refractivity contribution >= 4 is 23.5 Å². The van der Waals surface area contributed by atoms with E-state index in [0.717, 1.165) is 29.4 Å². The number of hydrogen-bond donors (Lipinski definition) is 2. The topological polar surface area (TPSA) is 63.8 Å². The Labute approximate surface area is 81.3 Å². The summed E-state index contributed by atoms with van der Waals surface area (Å²) in [6.07, 6.45) is 1.04. The SMILES string of the molecule is CNc1nc(N)nc2c1CCSC2. The van der Waals surface area contributed by atoms with Crippen molar-refractivity contribution in [1.82, 2.24) is 9.97 Å². The molecule has 13 heavy (non-hydrogen) atoms. The fourth-order valence-electron chi connectivity index (χ4n) is 1.48. The first-order valence-electron chi connectivity index (χ1n) is 4.22. The van der Waals surface area contributed by atoms with Crippen LogP contribution in [0.25, 0.3) is 0 Å². The zero-order chi connectivity index (χ0) is 9.26. The lowest BCUT2D eigenvalue weighted by atomic mass is 10.1. The van der Waals surface area contributed by atoms with Crippen LogP contribution in [0.15, 0.2) is 0 Å². The number of aromatic nitrogens is 2. The number of rotatable bonds is 1. The van der Waals surface area contributed by atoms with E-state index in [1.54, 1.807) is 0 Å². The summed E-state index contributed by atoms with van der Waals surface area (Å²) in [4.78, 5) is 8.38. The van der Waals surface area contributed by atoms with Crippen LogP contribution in [-0.2, 0) is 12.2 Å². The van der Waals surface area contributed by atoms with Crippen LogP contribution >= 0.6 is 11.8 Å². The van der Waals surface area contributed by atoms with Crippen molar-refractivity contribution in [2.24, 2.45) is 0 Å². The normalized spacial score (nSPS) is 15.2. The average molecular weight is 196 g/mol. The van der Waals surface area contributed by atoms with Crippen LogP contribution in [0.3, 0.4) is 0 Å². The van der Waals surface area contributed by atoms with Crippen molar-refractivity contribution in [2.75, 3.05) is 23.9 Å². The summed E-state index contributed by atoms with van der Waals surface area (Å²) >= 11 is 1.89. The van der Waals surface area contributed by atoms with Gasteiger partial charge in [-0.05, 0) is 12.2 Å². The van der Waals surface area contributed by atoms with Crippen LogP contribution in [0.5, 0.6) is 0 Å². The third-order valence-corrected chi connectivity index (χ3v) is 3.05. The molecule has 5 heteroatoms. The van der Waals surface area contributed by atoms with Crippen LogP contribution in [0.4, 0.5) is 11.8 Å². The number of nitrogen functional groups attached to an aromatic ring is 1. The molecule has 0 fully saturated rings. The molecule has 0 bridgehead atoms. The van der Waals surface area contributed by atoms with Gasteiger partial charge in [0.25, 0.3) is 0 Å². The highest BCUT2D eigenvalue weighted by Gasteiger charge is 2.16. The van der Waals surface area contributed by atoms with Gasteiger partial charge in [0, 0.05) is 18.4 Å². The van der Waals surface area contributed by atoms with E-state index < -0.39 is 0 Å². The number of fused-ring (bicyclic) bond motifs is 1. The van der Waals surface area contributed by atoms with Gasteiger partial charge in [-0.1, -0.05) is 0 Å². The smallest absolute Gasteiger partial charge is 0.222 e. The van der Waals surface area contributed by atoms with Crippen LogP contribution < -0.4 is 11.1 Å². The second kappa shape index (κ2) is 3.41. The minimum absolute atomic E-state index is 0.366. The van der Waals surface area contributed by atoms with Crippen molar-refractivity contribution in [3.8, 4) is 0 Å². The molecule has 0 radical (unpaired) electrons. The zero-order valence-electron chi connectivity index (χ0n) is 7.50. The van der Waals surface area contributed by atoms with E-state index >= 15 is 0 Å². The molecule has 0 aromatic carbocycles. The Morgan fingerprint density at radius 3 is 3.08 bits per heavy atom. The maximum atomic E-state index is 5.59. The van der Waals surface area contributed by atoms with E-state index in [-0.39, 0.29) is 0 Å². The molecule has 70 valence electrons. The highest BCUT2D eigenvalue weighted by Crippen LogP contribution is 2.27. The number of nitrogens with one attached hydrogen (secondary N) is 1. The molecule has 1 aromatic rings.